The Balaban J connectivity index is 1.54. The molecule has 0 saturated carbocycles. The van der Waals surface area contributed by atoms with Crippen molar-refractivity contribution in [1.29, 1.82) is 0 Å². The maximum absolute atomic E-state index is 13.7. The van der Waals surface area contributed by atoms with Gasteiger partial charge in [-0.2, -0.15) is 0 Å². The summed E-state index contributed by atoms with van der Waals surface area (Å²) in [6.45, 7) is 7.74. The van der Waals surface area contributed by atoms with Crippen molar-refractivity contribution in [2.75, 3.05) is 26.2 Å². The number of ether oxygens (including phenoxy) is 1. The van der Waals surface area contributed by atoms with Gasteiger partial charge in [-0.3, -0.25) is 9.59 Å². The minimum atomic E-state index is -0.205. The Labute approximate surface area is 222 Å². The standard InChI is InChI=1S/C29H33ClN2O3S/c1-20(2)12-15-31(29(34)24-7-5-4-6-21(24)3)18-28(33)32-16-13-27-25(14-17-36-27)26(32)19-35-23-10-8-22(30)9-11-23/h4-11,14,17,20,26H,12-13,15-16,18-19H2,1-3H3/t26-/m0/s1. The van der Waals surface area contributed by atoms with Gasteiger partial charge in [-0.1, -0.05) is 43.6 Å². The summed E-state index contributed by atoms with van der Waals surface area (Å²) < 4.78 is 6.10. The molecule has 0 bridgehead atoms. The Kier molecular flexibility index (Phi) is 8.70. The van der Waals surface area contributed by atoms with Crippen LogP contribution in [0, 0.1) is 12.8 Å². The summed E-state index contributed by atoms with van der Waals surface area (Å²) in [4.78, 5) is 32.1. The van der Waals surface area contributed by atoms with Crippen LogP contribution in [0.15, 0.2) is 60.0 Å². The van der Waals surface area contributed by atoms with Gasteiger partial charge >= 0.3 is 0 Å². The molecule has 0 unspecified atom stereocenters. The van der Waals surface area contributed by atoms with Crippen molar-refractivity contribution in [3.63, 3.8) is 0 Å². The number of halogens is 1. The van der Waals surface area contributed by atoms with Gasteiger partial charge in [0.15, 0.2) is 0 Å². The van der Waals surface area contributed by atoms with Gasteiger partial charge < -0.3 is 14.5 Å². The van der Waals surface area contributed by atoms with Gasteiger partial charge in [-0.25, -0.2) is 0 Å². The average molecular weight is 525 g/mol. The van der Waals surface area contributed by atoms with Gasteiger partial charge in [-0.15, -0.1) is 11.3 Å². The van der Waals surface area contributed by atoms with Crippen LogP contribution in [0.2, 0.25) is 5.02 Å². The van der Waals surface area contributed by atoms with E-state index in [1.165, 1.54) is 4.88 Å². The molecular weight excluding hydrogens is 492 g/mol. The van der Waals surface area contributed by atoms with E-state index in [2.05, 4.69) is 25.3 Å². The third kappa shape index (κ3) is 6.29. The molecule has 7 heteroatoms. The first-order valence-corrected chi connectivity index (χ1v) is 13.7. The van der Waals surface area contributed by atoms with E-state index in [1.54, 1.807) is 28.4 Å². The highest BCUT2D eigenvalue weighted by Crippen LogP contribution is 2.34. The second-order valence-electron chi connectivity index (χ2n) is 9.64. The largest absolute Gasteiger partial charge is 0.491 e. The lowest BCUT2D eigenvalue weighted by atomic mass is 10.00. The molecule has 1 aromatic heterocycles. The second-order valence-corrected chi connectivity index (χ2v) is 11.1. The Bertz CT molecular complexity index is 1190. The molecule has 0 fully saturated rings. The molecule has 4 rings (SSSR count). The fraction of sp³-hybridized carbons (Fsp3) is 0.379. The van der Waals surface area contributed by atoms with Gasteiger partial charge in [0, 0.05) is 28.6 Å². The van der Waals surface area contributed by atoms with E-state index in [1.807, 2.05) is 48.2 Å². The van der Waals surface area contributed by atoms with E-state index >= 15 is 0 Å². The number of carbonyl (C=O) groups excluding carboxylic acids is 2. The highest BCUT2D eigenvalue weighted by Gasteiger charge is 2.33. The molecule has 0 N–H and O–H groups in total. The van der Waals surface area contributed by atoms with E-state index in [0.717, 1.165) is 24.0 Å². The van der Waals surface area contributed by atoms with Crippen molar-refractivity contribution < 1.29 is 14.3 Å². The third-order valence-corrected chi connectivity index (χ3v) is 7.85. The molecule has 2 aromatic carbocycles. The molecule has 0 radical (unpaired) electrons. The number of thiophene rings is 1. The quantitative estimate of drug-likeness (QED) is 0.325. The lowest BCUT2D eigenvalue weighted by Gasteiger charge is -2.37. The molecule has 190 valence electrons. The number of hydrogen-bond acceptors (Lipinski definition) is 4. The first kappa shape index (κ1) is 26.2. The zero-order chi connectivity index (χ0) is 25.7. The number of rotatable bonds is 9. The van der Waals surface area contributed by atoms with Crippen LogP contribution < -0.4 is 4.74 Å². The Morgan fingerprint density at radius 1 is 1.14 bits per heavy atom. The Morgan fingerprint density at radius 2 is 1.89 bits per heavy atom. The number of benzene rings is 2. The Morgan fingerprint density at radius 3 is 2.61 bits per heavy atom. The molecule has 1 aliphatic heterocycles. The van der Waals surface area contributed by atoms with Gasteiger partial charge in [0.2, 0.25) is 5.91 Å². The predicted molar refractivity (Wildman–Crippen MR) is 146 cm³/mol. The van der Waals surface area contributed by atoms with Crippen LogP contribution in [-0.4, -0.2) is 47.9 Å². The summed E-state index contributed by atoms with van der Waals surface area (Å²) in [5, 5.41) is 2.72. The number of amides is 2. The molecule has 2 amide bonds. The highest BCUT2D eigenvalue weighted by molar-refractivity contribution is 7.10. The zero-order valence-electron chi connectivity index (χ0n) is 21.1. The van der Waals surface area contributed by atoms with Crippen molar-refractivity contribution in [2.45, 2.75) is 39.7 Å². The van der Waals surface area contributed by atoms with Crippen molar-refractivity contribution in [3.8, 4) is 5.75 Å². The molecule has 1 aliphatic rings. The van der Waals surface area contributed by atoms with Gasteiger partial charge in [0.25, 0.3) is 5.91 Å². The number of hydrogen-bond donors (Lipinski definition) is 0. The van der Waals surface area contributed by atoms with Crippen LogP contribution in [0.5, 0.6) is 5.75 Å². The van der Waals surface area contributed by atoms with Crippen LogP contribution in [0.1, 0.15) is 52.7 Å². The second kappa shape index (κ2) is 11.9. The minimum Gasteiger partial charge on any atom is -0.491 e. The molecule has 2 heterocycles. The molecule has 0 aliphatic carbocycles. The van der Waals surface area contributed by atoms with Crippen molar-refractivity contribution in [1.82, 2.24) is 9.80 Å². The third-order valence-electron chi connectivity index (χ3n) is 6.60. The number of carbonyl (C=O) groups is 2. The van der Waals surface area contributed by atoms with Crippen molar-refractivity contribution in [3.05, 3.63) is 86.6 Å². The molecule has 36 heavy (non-hydrogen) atoms. The van der Waals surface area contributed by atoms with Gasteiger partial charge in [0.1, 0.15) is 18.9 Å². The average Bonchev–Trinajstić information content (AvgIpc) is 3.35. The molecule has 5 nitrogen and oxygen atoms in total. The zero-order valence-corrected chi connectivity index (χ0v) is 22.6. The summed E-state index contributed by atoms with van der Waals surface area (Å²) >= 11 is 7.73. The summed E-state index contributed by atoms with van der Waals surface area (Å²) in [7, 11) is 0. The smallest absolute Gasteiger partial charge is 0.254 e. The lowest BCUT2D eigenvalue weighted by Crippen LogP contribution is -2.48. The molecule has 0 saturated heterocycles. The van der Waals surface area contributed by atoms with E-state index in [0.29, 0.717) is 41.9 Å². The summed E-state index contributed by atoms with van der Waals surface area (Å²) in [6, 6.07) is 16.7. The first-order chi connectivity index (χ1) is 17.3. The van der Waals surface area contributed by atoms with Crippen LogP contribution in [0.25, 0.3) is 0 Å². The fourth-order valence-corrected chi connectivity index (χ4v) is 5.54. The first-order valence-electron chi connectivity index (χ1n) is 12.4. The highest BCUT2D eigenvalue weighted by atomic mass is 35.5. The lowest BCUT2D eigenvalue weighted by molar-refractivity contribution is -0.135. The summed E-state index contributed by atoms with van der Waals surface area (Å²) in [6.07, 6.45) is 1.65. The number of nitrogens with zero attached hydrogens (tertiary/aromatic N) is 2. The predicted octanol–water partition coefficient (Wildman–Crippen LogP) is 6.40. The number of aryl methyl sites for hydroxylation is 1. The molecular formula is C29H33ClN2O3S. The SMILES string of the molecule is Cc1ccccc1C(=O)N(CCC(C)C)CC(=O)N1CCc2sccc2[C@@H]1COc1ccc(Cl)cc1. The monoisotopic (exact) mass is 524 g/mol. The summed E-state index contributed by atoms with van der Waals surface area (Å²) in [5.41, 5.74) is 2.70. The van der Waals surface area contributed by atoms with E-state index in [-0.39, 0.29) is 24.4 Å². The van der Waals surface area contributed by atoms with Gasteiger partial charge in [0.05, 0.1) is 6.04 Å². The van der Waals surface area contributed by atoms with Crippen LogP contribution in [0.3, 0.4) is 0 Å². The number of fused-ring (bicyclic) bond motifs is 1. The van der Waals surface area contributed by atoms with E-state index < -0.39 is 0 Å². The van der Waals surface area contributed by atoms with Crippen LogP contribution in [-0.2, 0) is 11.2 Å². The van der Waals surface area contributed by atoms with Crippen molar-refractivity contribution >= 4 is 34.8 Å². The molecule has 1 atom stereocenters. The minimum absolute atomic E-state index is 0.0524. The van der Waals surface area contributed by atoms with E-state index in [4.69, 9.17) is 16.3 Å². The molecule has 0 spiro atoms. The van der Waals surface area contributed by atoms with Crippen molar-refractivity contribution in [2.24, 2.45) is 5.92 Å². The van der Waals surface area contributed by atoms with Gasteiger partial charge in [-0.05, 0) is 78.6 Å². The van der Waals surface area contributed by atoms with E-state index in [9.17, 15) is 9.59 Å². The maximum Gasteiger partial charge on any atom is 0.254 e. The fourth-order valence-electron chi connectivity index (χ4n) is 4.48. The maximum atomic E-state index is 13.7. The van der Waals surface area contributed by atoms with Crippen LogP contribution in [0.4, 0.5) is 0 Å². The van der Waals surface area contributed by atoms with Crippen LogP contribution >= 0.6 is 22.9 Å². The molecule has 3 aromatic rings. The topological polar surface area (TPSA) is 49.9 Å². The summed E-state index contributed by atoms with van der Waals surface area (Å²) in [5.74, 6) is 0.991. The normalized spacial score (nSPS) is 15.0. The Hall–Kier alpha value is -2.83.